The highest BCUT2D eigenvalue weighted by atomic mass is 16.6. The Kier molecular flexibility index (Phi) is 12.5. The van der Waals surface area contributed by atoms with E-state index in [4.69, 9.17) is 18.9 Å². The fourth-order valence-corrected chi connectivity index (χ4v) is 5.26. The third kappa shape index (κ3) is 9.88. The van der Waals surface area contributed by atoms with Crippen LogP contribution in [0.3, 0.4) is 0 Å². The first-order valence-electron chi connectivity index (χ1n) is 16.1. The first kappa shape index (κ1) is 33.6. The molecular formula is C36H47N3O6. The van der Waals surface area contributed by atoms with Crippen molar-refractivity contribution in [3.05, 3.63) is 71.8 Å². The highest BCUT2D eigenvalue weighted by Gasteiger charge is 2.21. The number of benzene rings is 3. The molecule has 0 unspecified atom stereocenters. The molecular weight excluding hydrogens is 570 g/mol. The SMILES string of the molecule is CCCCN1CCC(Oc2ccc(C(=O)Nc3ccc(Oc4ccc(OC(=O)NC(CC)CC)cc4OC)cc3)cc2C)CC1. The standard InChI is InChI=1S/C36H47N3O6/c1-6-9-20-39-21-18-30(19-22-39)43-32-16-10-26(23-25(32)4)35(40)37-28-11-13-29(14-12-28)44-33-17-15-31(24-34(33)42-5)45-36(41)38-27(7-2)8-3/h10-17,23-24,27,30H,6-9,18-22H2,1-5H3,(H,37,40)(H,38,41). The molecule has 0 radical (unpaired) electrons. The van der Waals surface area contributed by atoms with Gasteiger partial charge in [0.05, 0.1) is 7.11 Å². The average Bonchev–Trinajstić information content (AvgIpc) is 3.05. The minimum absolute atomic E-state index is 0.0623. The summed E-state index contributed by atoms with van der Waals surface area (Å²) in [7, 11) is 1.52. The molecule has 0 atom stereocenters. The summed E-state index contributed by atoms with van der Waals surface area (Å²) in [5.41, 5.74) is 2.14. The second-order valence-electron chi connectivity index (χ2n) is 11.4. The maximum atomic E-state index is 13.0. The molecule has 2 N–H and O–H groups in total. The van der Waals surface area contributed by atoms with Crippen LogP contribution in [0, 0.1) is 6.92 Å². The zero-order chi connectivity index (χ0) is 32.2. The van der Waals surface area contributed by atoms with Crippen LogP contribution in [0.2, 0.25) is 0 Å². The van der Waals surface area contributed by atoms with Crippen LogP contribution in [0.1, 0.15) is 75.2 Å². The third-order valence-electron chi connectivity index (χ3n) is 8.09. The number of nitrogens with zero attached hydrogens (tertiary/aromatic N) is 1. The number of likely N-dealkylation sites (tertiary alicyclic amines) is 1. The van der Waals surface area contributed by atoms with Gasteiger partial charge in [-0.1, -0.05) is 27.2 Å². The largest absolute Gasteiger partial charge is 0.493 e. The number of ether oxygens (including phenoxy) is 4. The van der Waals surface area contributed by atoms with E-state index in [1.165, 1.54) is 26.5 Å². The number of carbonyl (C=O) groups excluding carboxylic acids is 2. The van der Waals surface area contributed by atoms with Crippen molar-refractivity contribution in [2.45, 2.75) is 78.4 Å². The molecule has 3 aromatic rings. The van der Waals surface area contributed by atoms with Crippen LogP contribution in [0.25, 0.3) is 0 Å². The van der Waals surface area contributed by atoms with Crippen LogP contribution < -0.4 is 29.6 Å². The number of carbonyl (C=O) groups is 2. The van der Waals surface area contributed by atoms with Crippen LogP contribution in [-0.2, 0) is 0 Å². The maximum Gasteiger partial charge on any atom is 0.412 e. The van der Waals surface area contributed by atoms with Crippen molar-refractivity contribution in [1.29, 1.82) is 0 Å². The van der Waals surface area contributed by atoms with Crippen LogP contribution in [-0.4, -0.2) is 55.8 Å². The lowest BCUT2D eigenvalue weighted by atomic mass is 10.1. The van der Waals surface area contributed by atoms with Gasteiger partial charge in [0, 0.05) is 36.4 Å². The topological polar surface area (TPSA) is 98.4 Å². The Balaban J connectivity index is 1.30. The Hall–Kier alpha value is -4.24. The zero-order valence-corrected chi connectivity index (χ0v) is 27.2. The molecule has 45 heavy (non-hydrogen) atoms. The van der Waals surface area contributed by atoms with Crippen LogP contribution in [0.4, 0.5) is 10.5 Å². The number of aryl methyl sites for hydroxylation is 1. The van der Waals surface area contributed by atoms with Crippen molar-refractivity contribution in [2.24, 2.45) is 0 Å². The average molecular weight is 618 g/mol. The molecule has 0 spiro atoms. The number of unbranched alkanes of at least 4 members (excludes halogenated alkanes) is 1. The summed E-state index contributed by atoms with van der Waals surface area (Å²) < 4.78 is 23.2. The molecule has 1 saturated heterocycles. The van der Waals surface area contributed by atoms with Crippen molar-refractivity contribution in [2.75, 3.05) is 32.1 Å². The van der Waals surface area contributed by atoms with Gasteiger partial charge in [0.15, 0.2) is 11.5 Å². The molecule has 1 heterocycles. The van der Waals surface area contributed by atoms with Gasteiger partial charge < -0.3 is 34.5 Å². The molecule has 1 fully saturated rings. The summed E-state index contributed by atoms with van der Waals surface area (Å²) in [5.74, 6) is 2.41. The lowest BCUT2D eigenvalue weighted by molar-refractivity contribution is 0.0991. The third-order valence-corrected chi connectivity index (χ3v) is 8.09. The Labute approximate surface area is 267 Å². The predicted octanol–water partition coefficient (Wildman–Crippen LogP) is 7.97. The zero-order valence-electron chi connectivity index (χ0n) is 27.2. The van der Waals surface area contributed by atoms with E-state index in [9.17, 15) is 9.59 Å². The van der Waals surface area contributed by atoms with E-state index >= 15 is 0 Å². The van der Waals surface area contributed by atoms with Gasteiger partial charge in [0.1, 0.15) is 23.4 Å². The molecule has 1 aliphatic rings. The molecule has 0 aromatic heterocycles. The van der Waals surface area contributed by atoms with Crippen LogP contribution in [0.15, 0.2) is 60.7 Å². The van der Waals surface area contributed by atoms with Gasteiger partial charge in [-0.05, 0) is 106 Å². The van der Waals surface area contributed by atoms with Gasteiger partial charge >= 0.3 is 6.09 Å². The first-order chi connectivity index (χ1) is 21.8. The summed E-state index contributed by atoms with van der Waals surface area (Å²) in [4.78, 5) is 27.7. The van der Waals surface area contributed by atoms with E-state index in [2.05, 4.69) is 22.5 Å². The second kappa shape index (κ2) is 16.7. The smallest absolute Gasteiger partial charge is 0.412 e. The molecule has 9 nitrogen and oxygen atoms in total. The summed E-state index contributed by atoms with van der Waals surface area (Å²) in [6, 6.07) is 17.6. The summed E-state index contributed by atoms with van der Waals surface area (Å²) >= 11 is 0. The molecule has 0 aliphatic carbocycles. The molecule has 242 valence electrons. The molecule has 0 saturated carbocycles. The quantitative estimate of drug-likeness (QED) is 0.189. The summed E-state index contributed by atoms with van der Waals surface area (Å²) in [6.45, 7) is 11.5. The monoisotopic (exact) mass is 617 g/mol. The number of hydrogen-bond acceptors (Lipinski definition) is 7. The maximum absolute atomic E-state index is 13.0. The highest BCUT2D eigenvalue weighted by molar-refractivity contribution is 6.04. The lowest BCUT2D eigenvalue weighted by Gasteiger charge is -2.32. The van der Waals surface area contributed by atoms with Gasteiger partial charge in [-0.2, -0.15) is 0 Å². The number of rotatable bonds is 14. The summed E-state index contributed by atoms with van der Waals surface area (Å²) in [5, 5.41) is 5.79. The van der Waals surface area contributed by atoms with Crippen molar-refractivity contribution in [3.8, 4) is 28.7 Å². The van der Waals surface area contributed by atoms with E-state index in [-0.39, 0.29) is 18.1 Å². The number of piperidine rings is 1. The first-order valence-corrected chi connectivity index (χ1v) is 16.1. The molecule has 1 aliphatic heterocycles. The number of anilines is 1. The summed E-state index contributed by atoms with van der Waals surface area (Å²) in [6.07, 6.45) is 5.86. The van der Waals surface area contributed by atoms with Crippen LogP contribution in [0.5, 0.6) is 28.7 Å². The Morgan fingerprint density at radius 3 is 2.22 bits per heavy atom. The van der Waals surface area contributed by atoms with Crippen molar-refractivity contribution in [3.63, 3.8) is 0 Å². The molecule has 4 rings (SSSR count). The van der Waals surface area contributed by atoms with E-state index in [0.717, 1.165) is 50.1 Å². The van der Waals surface area contributed by atoms with Gasteiger partial charge in [0.25, 0.3) is 5.91 Å². The van der Waals surface area contributed by atoms with Gasteiger partial charge in [-0.3, -0.25) is 4.79 Å². The molecule has 2 amide bonds. The van der Waals surface area contributed by atoms with Gasteiger partial charge in [-0.15, -0.1) is 0 Å². The van der Waals surface area contributed by atoms with E-state index < -0.39 is 6.09 Å². The minimum Gasteiger partial charge on any atom is -0.493 e. The van der Waals surface area contributed by atoms with E-state index in [1.807, 2.05) is 32.9 Å². The normalized spacial score (nSPS) is 13.7. The highest BCUT2D eigenvalue weighted by Crippen LogP contribution is 2.35. The fraction of sp³-hybridized carbons (Fsp3) is 0.444. The van der Waals surface area contributed by atoms with E-state index in [1.54, 1.807) is 48.5 Å². The Bertz CT molecular complexity index is 1400. The Morgan fingerprint density at radius 2 is 1.58 bits per heavy atom. The number of nitrogens with one attached hydrogen (secondary N) is 2. The number of hydrogen-bond donors (Lipinski definition) is 2. The molecule has 9 heteroatoms. The van der Waals surface area contributed by atoms with Crippen molar-refractivity contribution >= 4 is 17.7 Å². The van der Waals surface area contributed by atoms with Crippen LogP contribution >= 0.6 is 0 Å². The van der Waals surface area contributed by atoms with Crippen molar-refractivity contribution in [1.82, 2.24) is 10.2 Å². The molecule has 0 bridgehead atoms. The minimum atomic E-state index is -0.509. The lowest BCUT2D eigenvalue weighted by Crippen LogP contribution is -2.38. The van der Waals surface area contributed by atoms with Gasteiger partial charge in [0.2, 0.25) is 0 Å². The predicted molar refractivity (Wildman–Crippen MR) is 177 cm³/mol. The number of amides is 2. The van der Waals surface area contributed by atoms with E-state index in [0.29, 0.717) is 34.2 Å². The second-order valence-corrected chi connectivity index (χ2v) is 11.4. The number of methoxy groups -OCH3 is 1. The van der Waals surface area contributed by atoms with Gasteiger partial charge in [-0.25, -0.2) is 4.79 Å². The fourth-order valence-electron chi connectivity index (χ4n) is 5.26. The Morgan fingerprint density at radius 1 is 0.889 bits per heavy atom. The van der Waals surface area contributed by atoms with Crippen molar-refractivity contribution < 1.29 is 28.5 Å². The molecule has 3 aromatic carbocycles.